The van der Waals surface area contributed by atoms with E-state index >= 15 is 0 Å². The highest BCUT2D eigenvalue weighted by atomic mass is 32.1. The topological polar surface area (TPSA) is 21.1 Å². The third kappa shape index (κ3) is 4.53. The molecule has 0 fully saturated rings. The van der Waals surface area contributed by atoms with E-state index in [1.165, 1.54) is 15.3 Å². The van der Waals surface area contributed by atoms with Gasteiger partial charge < -0.3 is 4.57 Å². The molecule has 0 aliphatic heterocycles. The van der Waals surface area contributed by atoms with Crippen LogP contribution in [0, 0.1) is 6.92 Å². The second kappa shape index (κ2) is 7.57. The fourth-order valence-corrected chi connectivity index (χ4v) is 3.62. The first-order chi connectivity index (χ1) is 11.2. The lowest BCUT2D eigenvalue weighted by atomic mass is 10.1. The van der Waals surface area contributed by atoms with Gasteiger partial charge in [0.1, 0.15) is 5.82 Å². The van der Waals surface area contributed by atoms with Gasteiger partial charge in [0.15, 0.2) is 0 Å². The lowest BCUT2D eigenvalue weighted by Gasteiger charge is -2.21. The average molecular weight is 325 g/mol. The van der Waals surface area contributed by atoms with Crippen LogP contribution in [0.25, 0.3) is 0 Å². The molecular weight excluding hydrogens is 302 g/mol. The van der Waals surface area contributed by atoms with Crippen molar-refractivity contribution in [2.24, 2.45) is 7.05 Å². The van der Waals surface area contributed by atoms with Gasteiger partial charge in [0, 0.05) is 42.3 Å². The van der Waals surface area contributed by atoms with E-state index in [4.69, 9.17) is 0 Å². The molecule has 0 saturated heterocycles. The molecule has 1 aromatic carbocycles. The Labute approximate surface area is 142 Å². The molecule has 0 bridgehead atoms. The summed E-state index contributed by atoms with van der Waals surface area (Å²) in [5, 5.41) is 0. The van der Waals surface area contributed by atoms with Crippen LogP contribution in [0.5, 0.6) is 0 Å². The molecule has 0 radical (unpaired) electrons. The quantitative estimate of drug-likeness (QED) is 0.654. The summed E-state index contributed by atoms with van der Waals surface area (Å²) < 4.78 is 2.11. The van der Waals surface area contributed by atoms with Crippen LogP contribution < -0.4 is 0 Å². The lowest BCUT2D eigenvalue weighted by Crippen LogP contribution is -2.26. The van der Waals surface area contributed by atoms with Gasteiger partial charge in [-0.2, -0.15) is 0 Å². The molecule has 0 saturated carbocycles. The summed E-state index contributed by atoms with van der Waals surface area (Å²) in [7, 11) is 2.06. The Morgan fingerprint density at radius 2 is 1.91 bits per heavy atom. The summed E-state index contributed by atoms with van der Waals surface area (Å²) in [6, 6.07) is 15.2. The highest BCUT2D eigenvalue weighted by Gasteiger charge is 2.11. The minimum atomic E-state index is 0.882. The van der Waals surface area contributed by atoms with Gasteiger partial charge in [-0.15, -0.1) is 11.3 Å². The van der Waals surface area contributed by atoms with Gasteiger partial charge in [0.2, 0.25) is 0 Å². The summed E-state index contributed by atoms with van der Waals surface area (Å²) in [6.45, 7) is 5.07. The molecule has 120 valence electrons. The van der Waals surface area contributed by atoms with Crippen molar-refractivity contribution in [3.8, 4) is 0 Å². The van der Waals surface area contributed by atoms with E-state index in [9.17, 15) is 0 Å². The predicted octanol–water partition coefficient (Wildman–Crippen LogP) is 4.03. The molecule has 0 unspecified atom stereocenters. The molecule has 2 heterocycles. The van der Waals surface area contributed by atoms with Crippen molar-refractivity contribution in [1.82, 2.24) is 14.5 Å². The van der Waals surface area contributed by atoms with Crippen molar-refractivity contribution in [1.29, 1.82) is 0 Å². The highest BCUT2D eigenvalue weighted by Crippen LogP contribution is 2.18. The van der Waals surface area contributed by atoms with E-state index in [0.29, 0.717) is 0 Å². The zero-order valence-corrected chi connectivity index (χ0v) is 14.6. The van der Waals surface area contributed by atoms with Crippen LogP contribution in [0.4, 0.5) is 0 Å². The van der Waals surface area contributed by atoms with Gasteiger partial charge in [-0.25, -0.2) is 4.98 Å². The highest BCUT2D eigenvalue weighted by molar-refractivity contribution is 7.11. The summed E-state index contributed by atoms with van der Waals surface area (Å²) in [5.41, 5.74) is 1.39. The van der Waals surface area contributed by atoms with Crippen molar-refractivity contribution >= 4 is 11.3 Å². The molecule has 0 spiro atoms. The molecule has 4 heteroatoms. The van der Waals surface area contributed by atoms with E-state index in [1.807, 2.05) is 23.7 Å². The molecule has 0 aliphatic carbocycles. The number of hydrogen-bond donors (Lipinski definition) is 0. The van der Waals surface area contributed by atoms with Gasteiger partial charge >= 0.3 is 0 Å². The van der Waals surface area contributed by atoms with E-state index < -0.39 is 0 Å². The maximum absolute atomic E-state index is 4.48. The first-order valence-corrected chi connectivity index (χ1v) is 8.80. The molecule has 3 rings (SSSR count). The van der Waals surface area contributed by atoms with E-state index in [0.717, 1.165) is 31.9 Å². The second-order valence-electron chi connectivity index (χ2n) is 5.91. The number of hydrogen-bond acceptors (Lipinski definition) is 3. The van der Waals surface area contributed by atoms with Crippen molar-refractivity contribution in [3.63, 3.8) is 0 Å². The Hall–Kier alpha value is -1.91. The summed E-state index contributed by atoms with van der Waals surface area (Å²) in [5.74, 6) is 1.12. The zero-order chi connectivity index (χ0) is 16.1. The molecule has 23 heavy (non-hydrogen) atoms. The number of imidazole rings is 1. The molecule has 2 aromatic heterocycles. The Morgan fingerprint density at radius 3 is 2.57 bits per heavy atom. The number of nitrogens with zero attached hydrogens (tertiary/aromatic N) is 3. The van der Waals surface area contributed by atoms with E-state index in [1.54, 1.807) is 0 Å². The fraction of sp³-hybridized carbons (Fsp3) is 0.316. The van der Waals surface area contributed by atoms with Crippen LogP contribution in [-0.2, 0) is 26.6 Å². The monoisotopic (exact) mass is 325 g/mol. The van der Waals surface area contributed by atoms with Gasteiger partial charge in [-0.05, 0) is 31.0 Å². The van der Waals surface area contributed by atoms with Crippen molar-refractivity contribution in [2.75, 3.05) is 6.54 Å². The Balaban J connectivity index is 1.68. The first kappa shape index (κ1) is 16.0. The lowest BCUT2D eigenvalue weighted by molar-refractivity contribution is 0.253. The summed E-state index contributed by atoms with van der Waals surface area (Å²) in [4.78, 5) is 9.76. The fourth-order valence-electron chi connectivity index (χ4n) is 2.69. The Kier molecular flexibility index (Phi) is 5.26. The van der Waals surface area contributed by atoms with Crippen LogP contribution >= 0.6 is 11.3 Å². The standard InChI is InChI=1S/C19H23N3S/c1-16-8-9-18(23-16)14-22(15-19-20-11-13-21(19)2)12-10-17-6-4-3-5-7-17/h3-9,11,13H,10,12,14-15H2,1-2H3. The predicted molar refractivity (Wildman–Crippen MR) is 96.5 cm³/mol. The third-order valence-corrected chi connectivity index (χ3v) is 5.01. The van der Waals surface area contributed by atoms with Crippen LogP contribution in [0.2, 0.25) is 0 Å². The van der Waals surface area contributed by atoms with Gasteiger partial charge in [-0.3, -0.25) is 4.90 Å². The van der Waals surface area contributed by atoms with E-state index in [2.05, 4.69) is 70.9 Å². The van der Waals surface area contributed by atoms with Gasteiger partial charge in [0.05, 0.1) is 6.54 Å². The Morgan fingerprint density at radius 1 is 1.09 bits per heavy atom. The summed E-state index contributed by atoms with van der Waals surface area (Å²) in [6.07, 6.45) is 4.95. The summed E-state index contributed by atoms with van der Waals surface area (Å²) >= 11 is 1.89. The number of aromatic nitrogens is 2. The number of benzene rings is 1. The zero-order valence-electron chi connectivity index (χ0n) is 13.8. The van der Waals surface area contributed by atoms with Crippen molar-refractivity contribution < 1.29 is 0 Å². The number of rotatable bonds is 7. The largest absolute Gasteiger partial charge is 0.337 e. The van der Waals surface area contributed by atoms with Gasteiger partial charge in [-0.1, -0.05) is 30.3 Å². The molecule has 3 aromatic rings. The second-order valence-corrected chi connectivity index (χ2v) is 7.29. The first-order valence-electron chi connectivity index (χ1n) is 7.98. The molecule has 0 aliphatic rings. The van der Waals surface area contributed by atoms with E-state index in [-0.39, 0.29) is 0 Å². The third-order valence-electron chi connectivity index (χ3n) is 4.02. The number of aryl methyl sites for hydroxylation is 2. The number of thiophene rings is 1. The maximum atomic E-state index is 4.48. The molecule has 0 atom stereocenters. The Bertz CT molecular complexity index is 730. The minimum Gasteiger partial charge on any atom is -0.337 e. The molecule has 3 nitrogen and oxygen atoms in total. The molecule has 0 amide bonds. The van der Waals surface area contributed by atoms with Crippen molar-refractivity contribution in [2.45, 2.75) is 26.4 Å². The SMILES string of the molecule is Cc1ccc(CN(CCc2ccccc2)Cc2nccn2C)s1. The van der Waals surface area contributed by atoms with Crippen LogP contribution in [0.1, 0.15) is 21.1 Å². The maximum Gasteiger partial charge on any atom is 0.122 e. The van der Waals surface area contributed by atoms with Gasteiger partial charge in [0.25, 0.3) is 0 Å². The smallest absolute Gasteiger partial charge is 0.122 e. The minimum absolute atomic E-state index is 0.882. The average Bonchev–Trinajstić information content (AvgIpc) is 3.15. The van der Waals surface area contributed by atoms with Crippen LogP contribution in [-0.4, -0.2) is 21.0 Å². The molecule has 0 N–H and O–H groups in total. The molecular formula is C19H23N3S. The van der Waals surface area contributed by atoms with Crippen LogP contribution in [0.3, 0.4) is 0 Å². The normalized spacial score (nSPS) is 11.3. The van der Waals surface area contributed by atoms with Crippen molar-refractivity contribution in [3.05, 3.63) is 76.0 Å². The van der Waals surface area contributed by atoms with Crippen LogP contribution in [0.15, 0.2) is 54.9 Å².